The predicted octanol–water partition coefficient (Wildman–Crippen LogP) is 7.58. The lowest BCUT2D eigenvalue weighted by molar-refractivity contribution is -0.146. The van der Waals surface area contributed by atoms with Crippen molar-refractivity contribution < 1.29 is 55.4 Å². The minimum absolute atomic E-state index is 0.0475. The van der Waals surface area contributed by atoms with Crippen molar-refractivity contribution in [3.63, 3.8) is 0 Å². The summed E-state index contributed by atoms with van der Waals surface area (Å²) >= 11 is 1.12. The van der Waals surface area contributed by atoms with Crippen LogP contribution in [0.1, 0.15) is 30.0 Å². The van der Waals surface area contributed by atoms with Crippen molar-refractivity contribution in [2.24, 2.45) is 0 Å². The summed E-state index contributed by atoms with van der Waals surface area (Å²) in [5.74, 6) is -2.57. The molecule has 0 amide bonds. The normalized spacial score (nSPS) is 18.5. The third-order valence-electron chi connectivity index (χ3n) is 7.97. The number of phosphoric acid groups is 1. The Morgan fingerprint density at radius 1 is 1.11 bits per heavy atom. The quantitative estimate of drug-likeness (QED) is 0.0516. The van der Waals surface area contributed by atoms with Gasteiger partial charge in [0.1, 0.15) is 30.1 Å². The molecule has 2 atom stereocenters. The number of hydrogen-bond donors (Lipinski definition) is 1. The zero-order valence-corrected chi connectivity index (χ0v) is 30.8. The van der Waals surface area contributed by atoms with E-state index in [1.807, 2.05) is 6.07 Å². The highest BCUT2D eigenvalue weighted by Gasteiger charge is 2.56. The molecule has 3 aromatic rings. The number of ether oxygens (including phenoxy) is 3. The average molecular weight is 791 g/mol. The van der Waals surface area contributed by atoms with E-state index in [1.165, 1.54) is 47.7 Å². The van der Waals surface area contributed by atoms with Gasteiger partial charge >= 0.3 is 14.0 Å². The van der Waals surface area contributed by atoms with Gasteiger partial charge in [-0.25, -0.2) is 32.2 Å². The molecule has 2 aromatic carbocycles. The summed E-state index contributed by atoms with van der Waals surface area (Å²) in [5.41, 5.74) is -2.03. The number of carbonyl (C=O) groups is 1. The second kappa shape index (κ2) is 19.7. The van der Waals surface area contributed by atoms with E-state index in [4.69, 9.17) is 33.0 Å². The molecule has 1 saturated heterocycles. The van der Waals surface area contributed by atoms with Gasteiger partial charge in [-0.2, -0.15) is 10.4 Å². The second-order valence-electron chi connectivity index (χ2n) is 11.7. The lowest BCUT2D eigenvalue weighted by Gasteiger charge is -2.48. The molecule has 2 heterocycles. The minimum atomic E-state index is -4.21. The van der Waals surface area contributed by atoms with E-state index in [0.29, 0.717) is 6.07 Å². The number of thioether (sulfide) groups is 1. The Labute approximate surface area is 314 Å². The Bertz CT molecular complexity index is 1890. The fourth-order valence-corrected chi connectivity index (χ4v) is 8.19. The van der Waals surface area contributed by atoms with Crippen LogP contribution in [0.25, 0.3) is 6.08 Å². The molecule has 0 unspecified atom stereocenters. The summed E-state index contributed by atoms with van der Waals surface area (Å²) in [5, 5.41) is 22.6. The van der Waals surface area contributed by atoms with Crippen molar-refractivity contribution in [2.75, 3.05) is 33.0 Å². The van der Waals surface area contributed by atoms with Crippen molar-refractivity contribution in [3.8, 4) is 6.07 Å². The molecule has 288 valence electrons. The van der Waals surface area contributed by atoms with Gasteiger partial charge < -0.3 is 19.3 Å². The van der Waals surface area contributed by atoms with Crippen LogP contribution in [-0.2, 0) is 44.5 Å². The van der Waals surface area contributed by atoms with Crippen molar-refractivity contribution in [2.45, 2.75) is 41.8 Å². The summed E-state index contributed by atoms with van der Waals surface area (Å²) in [6.45, 7) is 7.55. The van der Waals surface area contributed by atoms with E-state index in [1.54, 1.807) is 25.2 Å². The fourth-order valence-electron chi connectivity index (χ4n) is 5.44. The molecule has 1 fully saturated rings. The average Bonchev–Trinajstić information content (AvgIpc) is 3.65. The number of aromatic nitrogens is 3. The van der Waals surface area contributed by atoms with Crippen LogP contribution >= 0.6 is 19.6 Å². The maximum atomic E-state index is 15.9. The van der Waals surface area contributed by atoms with Gasteiger partial charge in [0.05, 0.1) is 61.2 Å². The topological polar surface area (TPSA) is 164 Å². The number of carboxylic acid groups (broad SMARTS) is 1. The summed E-state index contributed by atoms with van der Waals surface area (Å²) in [7, 11) is -4.21. The minimum Gasteiger partial charge on any atom is -0.450 e. The van der Waals surface area contributed by atoms with Gasteiger partial charge in [0, 0.05) is 17.2 Å². The molecule has 1 aliphatic rings. The third-order valence-corrected chi connectivity index (χ3v) is 11.1. The maximum absolute atomic E-state index is 15.9. The highest BCUT2D eigenvalue weighted by Crippen LogP contribution is 2.54. The largest absolute Gasteiger partial charge is 0.506 e. The number of nitrogens with zero attached hydrogens (tertiary/aromatic N) is 4. The van der Waals surface area contributed by atoms with Crippen molar-refractivity contribution in [3.05, 3.63) is 127 Å². The molecular formula is C36H38F3N4O9PS. The fraction of sp³-hybridized carbons (Fsp3) is 0.333. The van der Waals surface area contributed by atoms with Crippen LogP contribution in [0, 0.1) is 28.8 Å². The molecular weight excluding hydrogens is 752 g/mol. The number of halogens is 3. The van der Waals surface area contributed by atoms with Gasteiger partial charge in [0.2, 0.25) is 0 Å². The van der Waals surface area contributed by atoms with E-state index in [0.717, 1.165) is 30.0 Å². The lowest BCUT2D eigenvalue weighted by atomic mass is 9.78. The monoisotopic (exact) mass is 790 g/mol. The smallest absolute Gasteiger partial charge is 0.450 e. The molecule has 13 nitrogen and oxygen atoms in total. The van der Waals surface area contributed by atoms with Crippen LogP contribution in [0.2, 0.25) is 0 Å². The van der Waals surface area contributed by atoms with Crippen LogP contribution in [0.4, 0.5) is 18.0 Å². The number of phosphoric ester groups is 1. The molecule has 0 spiro atoms. The van der Waals surface area contributed by atoms with E-state index in [-0.39, 0.29) is 49.5 Å². The van der Waals surface area contributed by atoms with E-state index in [9.17, 15) is 23.2 Å². The molecule has 0 radical (unpaired) electrons. The van der Waals surface area contributed by atoms with E-state index < -0.39 is 66.5 Å². The zero-order valence-electron chi connectivity index (χ0n) is 29.1. The number of hydrogen-bond acceptors (Lipinski definition) is 12. The van der Waals surface area contributed by atoms with Crippen LogP contribution in [0.15, 0.2) is 92.6 Å². The van der Waals surface area contributed by atoms with Crippen LogP contribution < -0.4 is 0 Å². The molecule has 0 saturated carbocycles. The first-order valence-corrected chi connectivity index (χ1v) is 18.6. The van der Waals surface area contributed by atoms with Crippen LogP contribution in [0.5, 0.6) is 0 Å². The lowest BCUT2D eigenvalue weighted by Crippen LogP contribution is -2.55. The molecule has 1 N–H and O–H groups in total. The number of rotatable bonds is 20. The number of benzene rings is 2. The van der Waals surface area contributed by atoms with E-state index >= 15 is 4.39 Å². The highest BCUT2D eigenvalue weighted by molar-refractivity contribution is 8.01. The first-order valence-electron chi connectivity index (χ1n) is 16.3. The van der Waals surface area contributed by atoms with Gasteiger partial charge in [-0.1, -0.05) is 36.4 Å². The number of allylic oxidation sites excluding steroid dienone is 2. The van der Waals surface area contributed by atoms with Crippen LogP contribution in [0.3, 0.4) is 0 Å². The second-order valence-corrected chi connectivity index (χ2v) is 15.2. The molecule has 1 aromatic heterocycles. The Hall–Kier alpha value is -4.53. The third kappa shape index (κ3) is 11.2. The molecule has 0 aliphatic carbocycles. The summed E-state index contributed by atoms with van der Waals surface area (Å²) in [4.78, 5) is 16.4. The Morgan fingerprint density at radius 3 is 2.43 bits per heavy atom. The Kier molecular flexibility index (Phi) is 15.4. The van der Waals surface area contributed by atoms with Gasteiger partial charge in [-0.05, 0) is 43.7 Å². The predicted molar refractivity (Wildman–Crippen MR) is 192 cm³/mol. The summed E-state index contributed by atoms with van der Waals surface area (Å²) in [6, 6.07) is 8.64. The summed E-state index contributed by atoms with van der Waals surface area (Å²) < 4.78 is 91.3. The molecule has 0 bridgehead atoms. The maximum Gasteiger partial charge on any atom is 0.506 e. The van der Waals surface area contributed by atoms with Crippen molar-refractivity contribution in [1.82, 2.24) is 14.8 Å². The molecule has 4 rings (SSSR count). The van der Waals surface area contributed by atoms with Crippen LogP contribution in [-0.4, -0.2) is 75.3 Å². The van der Waals surface area contributed by atoms with Crippen molar-refractivity contribution >= 4 is 31.8 Å². The molecule has 54 heavy (non-hydrogen) atoms. The first kappa shape index (κ1) is 42.2. The first-order chi connectivity index (χ1) is 25.9. The standard InChI is InChI=1S/C36H38F3N4O9PS/c1-4-15-49-53(46,50-16-5-2)51-17-14-35(3,36(52-34(44)45,23-43-25-41-24-42-43)30-13-12-28(37)19-32(30)39)54-29-21-47-33(48-22-29)9-7-6-8-27-11-10-26(20-40)18-31(27)38/h4-13,18-19,24-25,29,33H,1-2,14-17,21-23H2,3H3,(H,44,45)/b8-6+,9-7+/t29-,33-,35-,36+/m1/s1. The van der Waals surface area contributed by atoms with Gasteiger partial charge in [0.25, 0.3) is 0 Å². The molecule has 1 aliphatic heterocycles. The van der Waals surface area contributed by atoms with Gasteiger partial charge in [-0.15, -0.1) is 24.9 Å². The van der Waals surface area contributed by atoms with E-state index in [2.05, 4.69) is 23.2 Å². The Balaban J connectivity index is 1.65. The Morgan fingerprint density at radius 2 is 1.83 bits per heavy atom. The zero-order chi connectivity index (χ0) is 39.2. The SMILES string of the molecule is C=CCOP(=O)(OCC=C)OCC[C@@](C)(S[C@H]1CO[C@H](/C=C/C=C/c2ccc(C#N)cc2F)OC1)[C@@](Cn1cncn1)(OC(=O)O)c1ccc(F)cc1F. The van der Waals surface area contributed by atoms with Gasteiger partial charge in [-0.3, -0.25) is 13.6 Å². The van der Waals surface area contributed by atoms with Crippen molar-refractivity contribution in [1.29, 1.82) is 5.26 Å². The highest BCUT2D eigenvalue weighted by atomic mass is 32.2. The summed E-state index contributed by atoms with van der Waals surface area (Å²) in [6.07, 6.45) is 8.63. The number of nitriles is 1. The molecule has 18 heteroatoms. The van der Waals surface area contributed by atoms with Gasteiger partial charge in [0.15, 0.2) is 11.9 Å².